The van der Waals surface area contributed by atoms with Crippen molar-refractivity contribution in [2.45, 2.75) is 19.9 Å². The molecule has 0 spiro atoms. The first kappa shape index (κ1) is 10.8. The number of nitrogen functional groups attached to an aromatic ring is 1. The van der Waals surface area contributed by atoms with E-state index in [-0.39, 0.29) is 11.9 Å². The number of nitrogens with zero attached hydrogens (tertiary/aromatic N) is 1. The zero-order valence-electron chi connectivity index (χ0n) is 8.42. The normalized spacial score (nSPS) is 12.2. The second-order valence-corrected chi connectivity index (χ2v) is 3.78. The van der Waals surface area contributed by atoms with E-state index in [2.05, 4.69) is 15.0 Å². The second-order valence-electron chi connectivity index (χ2n) is 3.00. The maximum absolute atomic E-state index is 11.2. The van der Waals surface area contributed by atoms with E-state index in [1.54, 1.807) is 14.0 Å². The molecule has 0 bridgehead atoms. The van der Waals surface area contributed by atoms with Gasteiger partial charge in [-0.2, -0.15) is 4.37 Å². The molecule has 4 N–H and O–H groups in total. The van der Waals surface area contributed by atoms with Crippen LogP contribution in [0.4, 0.5) is 10.8 Å². The number of nitrogens with one attached hydrogen (secondary N) is 2. The van der Waals surface area contributed by atoms with Crippen molar-refractivity contribution in [2.24, 2.45) is 0 Å². The van der Waals surface area contributed by atoms with Crippen molar-refractivity contribution in [3.05, 3.63) is 5.56 Å². The van der Waals surface area contributed by atoms with E-state index >= 15 is 0 Å². The molecule has 78 valence electrons. The minimum absolute atomic E-state index is 0.0589. The summed E-state index contributed by atoms with van der Waals surface area (Å²) in [6.07, 6.45) is 0. The number of likely N-dealkylation sites (N-methyl/N-ethyl adjacent to an activating group) is 1. The Balaban J connectivity index is 2.69. The Labute approximate surface area is 86.9 Å². The number of hydrogen-bond acceptors (Lipinski definition) is 5. The van der Waals surface area contributed by atoms with Gasteiger partial charge in [0, 0.05) is 12.6 Å². The summed E-state index contributed by atoms with van der Waals surface area (Å²) in [6, 6.07) is -0.279. The quantitative estimate of drug-likeness (QED) is 0.687. The Morgan fingerprint density at radius 3 is 2.71 bits per heavy atom. The summed E-state index contributed by atoms with van der Waals surface area (Å²) in [5.74, 6) is 0.456. The van der Waals surface area contributed by atoms with Gasteiger partial charge in [0.2, 0.25) is 5.91 Å². The summed E-state index contributed by atoms with van der Waals surface area (Å²) in [4.78, 5) is 11.2. The molecule has 6 heteroatoms. The SMILES string of the molecule is CNC(=O)C(C)Nc1snc(N)c1C. The van der Waals surface area contributed by atoms with Gasteiger partial charge in [-0.05, 0) is 25.4 Å². The lowest BCUT2D eigenvalue weighted by atomic mass is 10.3. The molecule has 0 saturated carbocycles. The molecule has 1 amide bonds. The largest absolute Gasteiger partial charge is 0.383 e. The predicted octanol–water partition coefficient (Wildman–Crippen LogP) is 0.580. The molecular weight excluding hydrogens is 200 g/mol. The third-order valence-corrected chi connectivity index (χ3v) is 2.84. The molecule has 0 fully saturated rings. The number of rotatable bonds is 3. The molecule has 0 saturated heterocycles. The Kier molecular flexibility index (Phi) is 3.29. The zero-order valence-corrected chi connectivity index (χ0v) is 9.23. The van der Waals surface area contributed by atoms with Gasteiger partial charge in [0.25, 0.3) is 0 Å². The van der Waals surface area contributed by atoms with Crippen LogP contribution >= 0.6 is 11.5 Å². The molecule has 0 aliphatic rings. The van der Waals surface area contributed by atoms with Crippen LogP contribution < -0.4 is 16.4 Å². The summed E-state index contributed by atoms with van der Waals surface area (Å²) in [5.41, 5.74) is 6.48. The molecule has 1 aromatic rings. The Morgan fingerprint density at radius 2 is 2.29 bits per heavy atom. The fraction of sp³-hybridized carbons (Fsp3) is 0.500. The van der Waals surface area contributed by atoms with Crippen molar-refractivity contribution in [3.8, 4) is 0 Å². The van der Waals surface area contributed by atoms with Crippen molar-refractivity contribution < 1.29 is 4.79 Å². The Bertz CT molecular complexity index is 336. The van der Waals surface area contributed by atoms with Crippen molar-refractivity contribution >= 4 is 28.3 Å². The number of nitrogens with two attached hydrogens (primary N) is 1. The van der Waals surface area contributed by atoms with E-state index in [1.165, 1.54) is 11.5 Å². The third kappa shape index (κ3) is 2.14. The van der Waals surface area contributed by atoms with Crippen molar-refractivity contribution in [2.75, 3.05) is 18.1 Å². The highest BCUT2D eigenvalue weighted by Crippen LogP contribution is 2.25. The molecule has 1 heterocycles. The van der Waals surface area contributed by atoms with Crippen LogP contribution in [0.15, 0.2) is 0 Å². The smallest absolute Gasteiger partial charge is 0.241 e. The van der Waals surface area contributed by atoms with Gasteiger partial charge in [-0.25, -0.2) is 0 Å². The van der Waals surface area contributed by atoms with E-state index < -0.39 is 0 Å². The third-order valence-electron chi connectivity index (χ3n) is 1.95. The minimum Gasteiger partial charge on any atom is -0.383 e. The molecule has 5 nitrogen and oxygen atoms in total. The summed E-state index contributed by atoms with van der Waals surface area (Å²) < 4.78 is 3.98. The molecule has 0 aliphatic carbocycles. The fourth-order valence-corrected chi connectivity index (χ4v) is 1.76. The topological polar surface area (TPSA) is 80.0 Å². The van der Waals surface area contributed by atoms with E-state index in [9.17, 15) is 4.79 Å². The zero-order chi connectivity index (χ0) is 10.7. The Morgan fingerprint density at radius 1 is 1.64 bits per heavy atom. The number of anilines is 2. The molecule has 1 atom stereocenters. The van der Waals surface area contributed by atoms with Gasteiger partial charge in [-0.1, -0.05) is 0 Å². The lowest BCUT2D eigenvalue weighted by molar-refractivity contribution is -0.121. The standard InChI is InChI=1S/C8H14N4OS/c1-4-6(9)12-14-8(4)11-5(2)7(13)10-3/h5,11H,1-3H3,(H2,9,12)(H,10,13). The average molecular weight is 214 g/mol. The summed E-state index contributed by atoms with van der Waals surface area (Å²) >= 11 is 1.27. The number of carbonyl (C=O) groups is 1. The van der Waals surface area contributed by atoms with Gasteiger partial charge >= 0.3 is 0 Å². The molecular formula is C8H14N4OS. The van der Waals surface area contributed by atoms with Crippen LogP contribution in [0.2, 0.25) is 0 Å². The highest BCUT2D eigenvalue weighted by atomic mass is 32.1. The molecule has 1 aromatic heterocycles. The lowest BCUT2D eigenvalue weighted by Gasteiger charge is -2.11. The van der Waals surface area contributed by atoms with Crippen LogP contribution in [0.3, 0.4) is 0 Å². The van der Waals surface area contributed by atoms with Crippen molar-refractivity contribution in [1.82, 2.24) is 9.69 Å². The summed E-state index contributed by atoms with van der Waals surface area (Å²) in [7, 11) is 1.61. The van der Waals surface area contributed by atoms with Crippen LogP contribution in [0.5, 0.6) is 0 Å². The molecule has 0 aliphatic heterocycles. The highest BCUT2D eigenvalue weighted by Gasteiger charge is 2.14. The van der Waals surface area contributed by atoms with Crippen LogP contribution in [0.25, 0.3) is 0 Å². The first-order chi connectivity index (χ1) is 6.56. The maximum atomic E-state index is 11.2. The number of aromatic nitrogens is 1. The maximum Gasteiger partial charge on any atom is 0.241 e. The van der Waals surface area contributed by atoms with Crippen LogP contribution in [-0.4, -0.2) is 23.4 Å². The molecule has 0 aromatic carbocycles. The number of amides is 1. The number of hydrogen-bond donors (Lipinski definition) is 3. The van der Waals surface area contributed by atoms with Crippen LogP contribution in [0, 0.1) is 6.92 Å². The molecule has 14 heavy (non-hydrogen) atoms. The van der Waals surface area contributed by atoms with E-state index in [0.29, 0.717) is 5.82 Å². The van der Waals surface area contributed by atoms with Gasteiger partial charge in [-0.3, -0.25) is 4.79 Å². The van der Waals surface area contributed by atoms with Gasteiger partial charge in [0.15, 0.2) is 0 Å². The highest BCUT2D eigenvalue weighted by molar-refractivity contribution is 7.10. The average Bonchev–Trinajstić information content (AvgIpc) is 2.48. The van der Waals surface area contributed by atoms with Crippen LogP contribution in [0.1, 0.15) is 12.5 Å². The van der Waals surface area contributed by atoms with Gasteiger partial charge < -0.3 is 16.4 Å². The minimum atomic E-state index is -0.279. The predicted molar refractivity (Wildman–Crippen MR) is 58.4 cm³/mol. The fourth-order valence-electron chi connectivity index (χ4n) is 0.961. The van der Waals surface area contributed by atoms with Gasteiger partial charge in [0.1, 0.15) is 16.9 Å². The molecule has 0 radical (unpaired) electrons. The Hall–Kier alpha value is -1.30. The monoisotopic (exact) mass is 214 g/mol. The molecule has 1 unspecified atom stereocenters. The first-order valence-corrected chi connectivity index (χ1v) is 5.03. The van der Waals surface area contributed by atoms with Crippen LogP contribution in [-0.2, 0) is 4.79 Å². The summed E-state index contributed by atoms with van der Waals surface area (Å²) in [5, 5.41) is 6.45. The van der Waals surface area contributed by atoms with E-state index in [4.69, 9.17) is 5.73 Å². The van der Waals surface area contributed by atoms with E-state index in [1.807, 2.05) is 6.92 Å². The lowest BCUT2D eigenvalue weighted by Crippen LogP contribution is -2.35. The van der Waals surface area contributed by atoms with Crippen molar-refractivity contribution in [1.29, 1.82) is 0 Å². The number of carbonyl (C=O) groups excluding carboxylic acids is 1. The van der Waals surface area contributed by atoms with E-state index in [0.717, 1.165) is 10.6 Å². The first-order valence-electron chi connectivity index (χ1n) is 4.26. The van der Waals surface area contributed by atoms with Crippen molar-refractivity contribution in [3.63, 3.8) is 0 Å². The second kappa shape index (κ2) is 4.28. The van der Waals surface area contributed by atoms with Gasteiger partial charge in [0.05, 0.1) is 0 Å². The molecule has 1 rings (SSSR count). The van der Waals surface area contributed by atoms with Gasteiger partial charge in [-0.15, -0.1) is 0 Å². The summed E-state index contributed by atoms with van der Waals surface area (Å²) in [6.45, 7) is 3.66.